The first kappa shape index (κ1) is 30.9. The van der Waals surface area contributed by atoms with Crippen LogP contribution in [-0.2, 0) is 38.8 Å². The number of halogens is 3. The molecule has 0 N–H and O–H groups in total. The third-order valence-corrected chi connectivity index (χ3v) is 9.03. The van der Waals surface area contributed by atoms with Gasteiger partial charge in [-0.2, -0.15) is 17.5 Å². The summed E-state index contributed by atoms with van der Waals surface area (Å²) in [4.78, 5) is 16.8. The summed E-state index contributed by atoms with van der Waals surface area (Å²) in [6, 6.07) is 12.2. The standard InChI is InChI=1S/C29H32F3N3O7S/c30-29(31,32)23-4-1-6-25(17-23)43(37,38)35(10-3-9-33-11-14-39-15-12-33)20-28(36)34(19-24-5-2-13-40-24)18-22-7-8-26-27(16-22)42-21-41-26/h1-2,4-8,13,16-17H,3,9-12,14-15,18-21H2. The van der Waals surface area contributed by atoms with Crippen molar-refractivity contribution in [2.75, 3.05) is 52.7 Å². The summed E-state index contributed by atoms with van der Waals surface area (Å²) in [6.45, 7) is 2.62. The Balaban J connectivity index is 1.39. The molecule has 0 aliphatic carbocycles. The molecule has 0 unspecified atom stereocenters. The summed E-state index contributed by atoms with van der Waals surface area (Å²) in [5, 5.41) is 0. The molecule has 3 aromatic rings. The molecular weight excluding hydrogens is 591 g/mol. The number of morpholine rings is 1. The van der Waals surface area contributed by atoms with Crippen molar-refractivity contribution in [2.45, 2.75) is 30.6 Å². The maximum atomic E-state index is 13.8. The molecule has 10 nitrogen and oxygen atoms in total. The highest BCUT2D eigenvalue weighted by molar-refractivity contribution is 7.89. The van der Waals surface area contributed by atoms with Crippen LogP contribution in [0.25, 0.3) is 0 Å². The number of ether oxygens (including phenoxy) is 3. The Morgan fingerprint density at radius 2 is 1.74 bits per heavy atom. The van der Waals surface area contributed by atoms with Crippen LogP contribution < -0.4 is 9.47 Å². The third kappa shape index (κ3) is 7.88. The molecule has 0 spiro atoms. The molecule has 1 aromatic heterocycles. The molecule has 1 amide bonds. The second-order valence-corrected chi connectivity index (χ2v) is 12.1. The molecule has 43 heavy (non-hydrogen) atoms. The molecule has 2 aliphatic heterocycles. The fourth-order valence-corrected chi connectivity index (χ4v) is 6.37. The Kier molecular flexibility index (Phi) is 9.59. The Hall–Kier alpha value is -3.59. The predicted octanol–water partition coefficient (Wildman–Crippen LogP) is 3.97. The van der Waals surface area contributed by atoms with Crippen molar-refractivity contribution in [3.63, 3.8) is 0 Å². The zero-order valence-electron chi connectivity index (χ0n) is 23.3. The van der Waals surface area contributed by atoms with Gasteiger partial charge in [-0.3, -0.25) is 9.69 Å². The Bertz CT molecular complexity index is 1490. The number of carbonyl (C=O) groups is 1. The highest BCUT2D eigenvalue weighted by atomic mass is 32.2. The topological polar surface area (TPSA) is 102 Å². The van der Waals surface area contributed by atoms with Crippen molar-refractivity contribution in [1.29, 1.82) is 0 Å². The minimum atomic E-state index is -4.73. The average molecular weight is 624 g/mol. The van der Waals surface area contributed by atoms with Crippen LogP contribution in [0.1, 0.15) is 23.3 Å². The van der Waals surface area contributed by atoms with E-state index in [1.54, 1.807) is 30.3 Å². The van der Waals surface area contributed by atoms with Gasteiger partial charge in [-0.15, -0.1) is 0 Å². The lowest BCUT2D eigenvalue weighted by Crippen LogP contribution is -2.44. The first-order valence-electron chi connectivity index (χ1n) is 13.8. The molecule has 1 fully saturated rings. The summed E-state index contributed by atoms with van der Waals surface area (Å²) in [7, 11) is -4.48. The highest BCUT2D eigenvalue weighted by Gasteiger charge is 2.34. The third-order valence-electron chi connectivity index (χ3n) is 7.19. The van der Waals surface area contributed by atoms with E-state index in [0.29, 0.717) is 68.2 Å². The molecule has 0 saturated carbocycles. The second-order valence-electron chi connectivity index (χ2n) is 10.2. The maximum absolute atomic E-state index is 13.8. The van der Waals surface area contributed by atoms with Crippen LogP contribution in [-0.4, -0.2) is 81.2 Å². The Labute approximate surface area is 247 Å². The van der Waals surface area contributed by atoms with Gasteiger partial charge >= 0.3 is 6.18 Å². The molecule has 2 aromatic carbocycles. The van der Waals surface area contributed by atoms with Crippen molar-refractivity contribution < 1.29 is 45.0 Å². The van der Waals surface area contributed by atoms with Crippen LogP contribution in [0.2, 0.25) is 0 Å². The largest absolute Gasteiger partial charge is 0.467 e. The summed E-state index contributed by atoms with van der Waals surface area (Å²) in [5.74, 6) is 1.04. The van der Waals surface area contributed by atoms with Gasteiger partial charge in [-0.1, -0.05) is 12.1 Å². The van der Waals surface area contributed by atoms with E-state index in [1.807, 2.05) is 0 Å². The van der Waals surface area contributed by atoms with Crippen LogP contribution in [0.4, 0.5) is 13.2 Å². The number of rotatable bonds is 12. The summed E-state index contributed by atoms with van der Waals surface area (Å²) >= 11 is 0. The molecule has 232 valence electrons. The SMILES string of the molecule is O=C(CN(CCCN1CCOCC1)S(=O)(=O)c1cccc(C(F)(F)F)c1)N(Cc1ccc2c(c1)OCO2)Cc1ccco1. The van der Waals surface area contributed by atoms with Gasteiger partial charge < -0.3 is 23.5 Å². The highest BCUT2D eigenvalue weighted by Crippen LogP contribution is 2.33. The lowest BCUT2D eigenvalue weighted by molar-refractivity contribution is -0.137. The molecule has 3 heterocycles. The van der Waals surface area contributed by atoms with Gasteiger partial charge in [0.1, 0.15) is 5.76 Å². The number of furan rings is 1. The van der Waals surface area contributed by atoms with E-state index >= 15 is 0 Å². The first-order chi connectivity index (χ1) is 20.6. The molecule has 1 saturated heterocycles. The monoisotopic (exact) mass is 623 g/mol. The number of fused-ring (bicyclic) bond motifs is 1. The van der Waals surface area contributed by atoms with E-state index in [1.165, 1.54) is 11.2 Å². The zero-order valence-corrected chi connectivity index (χ0v) is 24.1. The number of carbonyl (C=O) groups excluding carboxylic acids is 1. The van der Waals surface area contributed by atoms with Gasteiger partial charge in [-0.25, -0.2) is 8.42 Å². The van der Waals surface area contributed by atoms with Crippen LogP contribution in [0, 0.1) is 0 Å². The van der Waals surface area contributed by atoms with Gasteiger partial charge in [0.2, 0.25) is 22.7 Å². The summed E-state index contributed by atoms with van der Waals surface area (Å²) in [5.41, 5.74) is -0.376. The second kappa shape index (κ2) is 13.4. The summed E-state index contributed by atoms with van der Waals surface area (Å²) in [6.07, 6.45) is -2.90. The van der Waals surface area contributed by atoms with Crippen LogP contribution in [0.15, 0.2) is 70.2 Å². The van der Waals surface area contributed by atoms with Crippen molar-refractivity contribution in [1.82, 2.24) is 14.1 Å². The molecule has 5 rings (SSSR count). The van der Waals surface area contributed by atoms with Crippen molar-refractivity contribution in [3.05, 3.63) is 77.7 Å². The quantitative estimate of drug-likeness (QED) is 0.299. The first-order valence-corrected chi connectivity index (χ1v) is 15.2. The average Bonchev–Trinajstić information content (AvgIpc) is 3.68. The van der Waals surface area contributed by atoms with Gasteiger partial charge in [0.15, 0.2) is 11.5 Å². The van der Waals surface area contributed by atoms with E-state index in [4.69, 9.17) is 18.6 Å². The zero-order chi connectivity index (χ0) is 30.5. The lowest BCUT2D eigenvalue weighted by atomic mass is 10.2. The minimum absolute atomic E-state index is 0.0471. The molecule has 0 bridgehead atoms. The molecule has 2 aliphatic rings. The van der Waals surface area contributed by atoms with E-state index in [9.17, 15) is 26.4 Å². The molecular formula is C29H32F3N3O7S. The molecule has 0 atom stereocenters. The molecule has 0 radical (unpaired) electrons. The summed E-state index contributed by atoms with van der Waals surface area (Å²) < 4.78 is 90.4. The smallest absolute Gasteiger partial charge is 0.416 e. The minimum Gasteiger partial charge on any atom is -0.467 e. The van der Waals surface area contributed by atoms with Gasteiger partial charge in [-0.05, 0) is 61.0 Å². The number of benzene rings is 2. The number of nitrogens with zero attached hydrogens (tertiary/aromatic N) is 3. The maximum Gasteiger partial charge on any atom is 0.416 e. The van der Waals surface area contributed by atoms with E-state index in [-0.39, 0.29) is 26.4 Å². The van der Waals surface area contributed by atoms with E-state index in [0.717, 1.165) is 22.5 Å². The Morgan fingerprint density at radius 3 is 2.49 bits per heavy atom. The molecule has 14 heteroatoms. The number of hydrogen-bond acceptors (Lipinski definition) is 8. The van der Waals surface area contributed by atoms with Crippen molar-refractivity contribution in [2.24, 2.45) is 0 Å². The number of sulfonamides is 1. The van der Waals surface area contributed by atoms with E-state index in [2.05, 4.69) is 4.90 Å². The fourth-order valence-electron chi connectivity index (χ4n) is 4.90. The van der Waals surface area contributed by atoms with Gasteiger partial charge in [0.25, 0.3) is 0 Å². The van der Waals surface area contributed by atoms with Crippen LogP contribution in [0.3, 0.4) is 0 Å². The van der Waals surface area contributed by atoms with Crippen LogP contribution in [0.5, 0.6) is 11.5 Å². The fraction of sp³-hybridized carbons (Fsp3) is 0.414. The normalized spacial score (nSPS) is 15.6. The van der Waals surface area contributed by atoms with E-state index < -0.39 is 39.1 Å². The van der Waals surface area contributed by atoms with Gasteiger partial charge in [0.05, 0.1) is 43.0 Å². The lowest BCUT2D eigenvalue weighted by Gasteiger charge is -2.29. The van der Waals surface area contributed by atoms with Crippen LogP contribution >= 0.6 is 0 Å². The number of hydrogen-bond donors (Lipinski definition) is 0. The Morgan fingerprint density at radius 1 is 0.953 bits per heavy atom. The van der Waals surface area contributed by atoms with Gasteiger partial charge in [0, 0.05) is 26.2 Å². The van der Waals surface area contributed by atoms with Crippen molar-refractivity contribution in [3.8, 4) is 11.5 Å². The number of amides is 1. The van der Waals surface area contributed by atoms with Crippen molar-refractivity contribution >= 4 is 15.9 Å². The predicted molar refractivity (Wildman–Crippen MR) is 148 cm³/mol. The number of alkyl halides is 3.